The fourth-order valence-electron chi connectivity index (χ4n) is 4.55. The van der Waals surface area contributed by atoms with E-state index in [9.17, 15) is 9.90 Å². The van der Waals surface area contributed by atoms with Gasteiger partial charge in [0.1, 0.15) is 6.04 Å². The highest BCUT2D eigenvalue weighted by Gasteiger charge is 2.32. The number of piperazine rings is 1. The van der Waals surface area contributed by atoms with Crippen LogP contribution in [-0.2, 0) is 11.3 Å². The molecular formula is C22H35N3O2. The van der Waals surface area contributed by atoms with E-state index in [-0.39, 0.29) is 6.04 Å². The van der Waals surface area contributed by atoms with E-state index in [0.717, 1.165) is 77.9 Å². The highest BCUT2D eigenvalue weighted by Crippen LogP contribution is 2.22. The molecule has 0 aliphatic carbocycles. The smallest absolute Gasteiger partial charge is 0.320 e. The molecule has 1 aromatic rings. The average Bonchev–Trinajstić information content (AvgIpc) is 2.70. The van der Waals surface area contributed by atoms with Gasteiger partial charge in [0.2, 0.25) is 0 Å². The Morgan fingerprint density at radius 1 is 1.07 bits per heavy atom. The Bertz CT molecular complexity index is 564. The molecule has 1 aromatic carbocycles. The van der Waals surface area contributed by atoms with Gasteiger partial charge in [-0.25, -0.2) is 0 Å². The third-order valence-electron chi connectivity index (χ3n) is 6.23. The van der Waals surface area contributed by atoms with Gasteiger partial charge in [-0.3, -0.25) is 19.5 Å². The van der Waals surface area contributed by atoms with Crippen molar-refractivity contribution < 1.29 is 9.90 Å². The number of likely N-dealkylation sites (tertiary alicyclic amines) is 1. The topological polar surface area (TPSA) is 47.0 Å². The summed E-state index contributed by atoms with van der Waals surface area (Å²) in [6.45, 7) is 9.55. The van der Waals surface area contributed by atoms with Crippen LogP contribution in [0.4, 0.5) is 0 Å². The predicted octanol–water partition coefficient (Wildman–Crippen LogP) is 2.91. The number of hydrogen-bond acceptors (Lipinski definition) is 4. The molecule has 2 aliphatic heterocycles. The zero-order valence-electron chi connectivity index (χ0n) is 16.7. The maximum atomic E-state index is 11.6. The van der Waals surface area contributed by atoms with Crippen LogP contribution in [0.25, 0.3) is 0 Å². The van der Waals surface area contributed by atoms with E-state index in [0.29, 0.717) is 6.04 Å². The van der Waals surface area contributed by atoms with Crippen molar-refractivity contribution >= 4 is 5.97 Å². The number of carboxylic acid groups (broad SMARTS) is 1. The van der Waals surface area contributed by atoms with Gasteiger partial charge in [-0.05, 0) is 24.8 Å². The molecule has 1 N–H and O–H groups in total. The summed E-state index contributed by atoms with van der Waals surface area (Å²) in [7, 11) is 0. The molecule has 3 rings (SSSR count). The van der Waals surface area contributed by atoms with Crippen molar-refractivity contribution in [2.75, 3.05) is 39.3 Å². The zero-order valence-corrected chi connectivity index (χ0v) is 16.7. The van der Waals surface area contributed by atoms with Crippen LogP contribution in [0.15, 0.2) is 30.3 Å². The van der Waals surface area contributed by atoms with E-state index in [1.807, 2.05) is 0 Å². The molecule has 0 amide bonds. The molecule has 27 heavy (non-hydrogen) atoms. The Morgan fingerprint density at radius 2 is 1.74 bits per heavy atom. The summed E-state index contributed by atoms with van der Waals surface area (Å²) in [5, 5.41) is 9.56. The molecule has 0 aromatic heterocycles. The number of benzene rings is 1. The number of carbonyl (C=O) groups is 1. The summed E-state index contributed by atoms with van der Waals surface area (Å²) >= 11 is 0. The summed E-state index contributed by atoms with van der Waals surface area (Å²) in [6.07, 6.45) is 5.06. The number of rotatable bonds is 8. The first kappa shape index (κ1) is 20.3. The SMILES string of the molecule is CCCCC(C(=O)O)N1CCC(N2CCN(Cc3ccccc3)CC2)CC1. The molecular weight excluding hydrogens is 338 g/mol. The highest BCUT2D eigenvalue weighted by molar-refractivity contribution is 5.73. The third kappa shape index (κ3) is 5.77. The Balaban J connectivity index is 1.42. The highest BCUT2D eigenvalue weighted by atomic mass is 16.4. The Morgan fingerprint density at radius 3 is 2.33 bits per heavy atom. The normalized spacial score (nSPS) is 22.0. The Kier molecular flexibility index (Phi) is 7.68. The lowest BCUT2D eigenvalue weighted by Crippen LogP contribution is -2.54. The van der Waals surface area contributed by atoms with Gasteiger partial charge in [0.25, 0.3) is 0 Å². The van der Waals surface area contributed by atoms with Gasteiger partial charge in [0.15, 0.2) is 0 Å². The molecule has 0 radical (unpaired) electrons. The van der Waals surface area contributed by atoms with E-state index in [1.54, 1.807) is 0 Å². The number of nitrogens with zero attached hydrogens (tertiary/aromatic N) is 3. The molecule has 2 heterocycles. The maximum absolute atomic E-state index is 11.6. The maximum Gasteiger partial charge on any atom is 0.320 e. The second-order valence-electron chi connectivity index (χ2n) is 8.06. The van der Waals surface area contributed by atoms with Crippen molar-refractivity contribution in [2.45, 2.75) is 57.7 Å². The summed E-state index contributed by atoms with van der Waals surface area (Å²) in [4.78, 5) is 19.0. The van der Waals surface area contributed by atoms with Crippen LogP contribution in [0.2, 0.25) is 0 Å². The van der Waals surface area contributed by atoms with Crippen molar-refractivity contribution in [1.82, 2.24) is 14.7 Å². The molecule has 0 bridgehead atoms. The second-order valence-corrected chi connectivity index (χ2v) is 8.06. The van der Waals surface area contributed by atoms with Crippen molar-refractivity contribution in [3.8, 4) is 0 Å². The minimum atomic E-state index is -0.642. The minimum Gasteiger partial charge on any atom is -0.480 e. The number of hydrogen-bond donors (Lipinski definition) is 1. The van der Waals surface area contributed by atoms with Crippen molar-refractivity contribution in [3.05, 3.63) is 35.9 Å². The lowest BCUT2D eigenvalue weighted by Gasteiger charge is -2.43. The van der Waals surface area contributed by atoms with Crippen LogP contribution in [0, 0.1) is 0 Å². The number of piperidine rings is 1. The van der Waals surface area contributed by atoms with Gasteiger partial charge < -0.3 is 5.11 Å². The number of aliphatic carboxylic acids is 1. The summed E-state index contributed by atoms with van der Waals surface area (Å²) in [5.41, 5.74) is 1.39. The fraction of sp³-hybridized carbons (Fsp3) is 0.682. The lowest BCUT2D eigenvalue weighted by molar-refractivity contribution is -0.144. The van der Waals surface area contributed by atoms with Crippen molar-refractivity contribution in [1.29, 1.82) is 0 Å². The van der Waals surface area contributed by atoms with Gasteiger partial charge in [-0.2, -0.15) is 0 Å². The van der Waals surface area contributed by atoms with Crippen LogP contribution >= 0.6 is 0 Å². The van der Waals surface area contributed by atoms with Crippen LogP contribution in [0.1, 0.15) is 44.6 Å². The minimum absolute atomic E-state index is 0.284. The first-order chi connectivity index (χ1) is 13.2. The van der Waals surface area contributed by atoms with Crippen molar-refractivity contribution in [3.63, 3.8) is 0 Å². The lowest BCUT2D eigenvalue weighted by atomic mass is 9.99. The van der Waals surface area contributed by atoms with Crippen LogP contribution < -0.4 is 0 Å². The molecule has 1 unspecified atom stereocenters. The van der Waals surface area contributed by atoms with Gasteiger partial charge in [0, 0.05) is 51.9 Å². The van der Waals surface area contributed by atoms with E-state index in [1.165, 1.54) is 5.56 Å². The first-order valence-electron chi connectivity index (χ1n) is 10.6. The molecule has 5 heteroatoms. The standard InChI is InChI=1S/C22H35N3O2/c1-2-3-9-21(22(26)27)25-12-10-20(11-13-25)24-16-14-23(15-17-24)18-19-7-5-4-6-8-19/h4-8,20-21H,2-3,9-18H2,1H3,(H,26,27). The van der Waals surface area contributed by atoms with Gasteiger partial charge in [-0.15, -0.1) is 0 Å². The molecule has 0 spiro atoms. The van der Waals surface area contributed by atoms with Gasteiger partial charge >= 0.3 is 5.97 Å². The molecule has 5 nitrogen and oxygen atoms in total. The molecule has 2 saturated heterocycles. The summed E-state index contributed by atoms with van der Waals surface area (Å²) < 4.78 is 0. The molecule has 1 atom stereocenters. The monoisotopic (exact) mass is 373 g/mol. The van der Waals surface area contributed by atoms with Crippen LogP contribution in [0.5, 0.6) is 0 Å². The van der Waals surface area contributed by atoms with Crippen molar-refractivity contribution in [2.24, 2.45) is 0 Å². The zero-order chi connectivity index (χ0) is 19.1. The Hall–Kier alpha value is -1.43. The van der Waals surface area contributed by atoms with Gasteiger partial charge in [0.05, 0.1) is 0 Å². The van der Waals surface area contributed by atoms with E-state index >= 15 is 0 Å². The number of carboxylic acids is 1. The molecule has 0 saturated carbocycles. The average molecular weight is 374 g/mol. The molecule has 2 fully saturated rings. The van der Waals surface area contributed by atoms with Gasteiger partial charge in [-0.1, -0.05) is 50.1 Å². The van der Waals surface area contributed by atoms with E-state index in [2.05, 4.69) is 52.0 Å². The molecule has 150 valence electrons. The molecule has 2 aliphatic rings. The van der Waals surface area contributed by atoms with E-state index < -0.39 is 5.97 Å². The van der Waals surface area contributed by atoms with E-state index in [4.69, 9.17) is 0 Å². The fourth-order valence-corrected chi connectivity index (χ4v) is 4.55. The summed E-state index contributed by atoms with van der Waals surface area (Å²) in [5.74, 6) is -0.642. The predicted molar refractivity (Wildman–Crippen MR) is 109 cm³/mol. The third-order valence-corrected chi connectivity index (χ3v) is 6.23. The van der Waals surface area contributed by atoms with Crippen LogP contribution in [-0.4, -0.2) is 77.1 Å². The quantitative estimate of drug-likeness (QED) is 0.759. The van der Waals surface area contributed by atoms with Crippen LogP contribution in [0.3, 0.4) is 0 Å². The first-order valence-corrected chi connectivity index (χ1v) is 10.6. The summed E-state index contributed by atoms with van der Waals surface area (Å²) in [6, 6.07) is 11.1. The Labute approximate surface area is 163 Å². The largest absolute Gasteiger partial charge is 0.480 e. The second kappa shape index (κ2) is 10.2. The number of unbranched alkanes of at least 4 members (excludes halogenated alkanes) is 1.